The summed E-state index contributed by atoms with van der Waals surface area (Å²) in [5.74, 6) is -3.13. The Labute approximate surface area is 343 Å². The molecule has 3 saturated carbocycles. The molecule has 4 N–H and O–H groups in total. The van der Waals surface area contributed by atoms with Crippen molar-refractivity contribution < 1.29 is 55.2 Å². The van der Waals surface area contributed by atoms with E-state index < -0.39 is 87.5 Å². The number of carbonyl (C=O) groups excluding carboxylic acids is 3. The van der Waals surface area contributed by atoms with Crippen LogP contribution in [0.15, 0.2) is 18.2 Å². The molecule has 1 saturated heterocycles. The highest BCUT2D eigenvalue weighted by molar-refractivity contribution is 7.91. The van der Waals surface area contributed by atoms with E-state index in [4.69, 9.17) is 19.4 Å². The Morgan fingerprint density at radius 3 is 2.33 bits per heavy atom. The minimum absolute atomic E-state index is 0. The Morgan fingerprint density at radius 2 is 1.76 bits per heavy atom. The van der Waals surface area contributed by atoms with Crippen LogP contribution in [0.2, 0.25) is 0 Å². The summed E-state index contributed by atoms with van der Waals surface area (Å²) in [6.45, 7) is 8.76. The third-order valence-electron chi connectivity index (χ3n) is 11.3. The number of halogens is 2. The number of nitrogens with zero attached hydrogens (tertiary/aromatic N) is 3. The van der Waals surface area contributed by atoms with Crippen LogP contribution in [0, 0.1) is 23.7 Å². The third kappa shape index (κ3) is 10.6. The Balaban J connectivity index is 0.00000175. The number of amides is 4. The topological polar surface area (TPSA) is 206 Å². The maximum absolute atomic E-state index is 14.2. The highest BCUT2D eigenvalue weighted by Crippen LogP contribution is 2.49. The van der Waals surface area contributed by atoms with Crippen molar-refractivity contribution in [3.63, 3.8) is 0 Å². The summed E-state index contributed by atoms with van der Waals surface area (Å²) in [4.78, 5) is 63.2. The van der Waals surface area contributed by atoms with Crippen LogP contribution in [0.1, 0.15) is 109 Å². The molecule has 58 heavy (non-hydrogen) atoms. The van der Waals surface area contributed by atoms with Crippen molar-refractivity contribution in [2.75, 3.05) is 20.2 Å². The normalized spacial score (nSPS) is 24.5. The number of aromatic nitrogens is 2. The number of benzene rings is 1. The first-order valence-corrected chi connectivity index (χ1v) is 21.8. The molecule has 4 aliphatic rings. The molecule has 2 aromatic rings. The molecule has 1 aromatic heterocycles. The van der Waals surface area contributed by atoms with Crippen LogP contribution < -0.4 is 24.8 Å². The fourth-order valence-electron chi connectivity index (χ4n) is 7.35. The molecule has 0 unspecified atom stereocenters. The van der Waals surface area contributed by atoms with Gasteiger partial charge in [-0.1, -0.05) is 59.8 Å². The lowest BCUT2D eigenvalue weighted by atomic mass is 9.94. The van der Waals surface area contributed by atoms with Crippen molar-refractivity contribution in [3.05, 3.63) is 23.9 Å². The van der Waals surface area contributed by atoms with Crippen molar-refractivity contribution in [3.8, 4) is 11.6 Å². The molecule has 328 valence electrons. The molecule has 1 aromatic carbocycles. The molecule has 3 aliphatic carbocycles. The van der Waals surface area contributed by atoms with E-state index in [1.807, 2.05) is 10.0 Å². The van der Waals surface area contributed by atoms with Gasteiger partial charge >= 0.3 is 6.09 Å². The molecule has 18 heteroatoms. The average Bonchev–Trinajstić information content (AvgIpc) is 4.09. The van der Waals surface area contributed by atoms with Gasteiger partial charge in [0.25, 0.3) is 5.91 Å². The fraction of sp³-hybridized carbons (Fsp3) is 0.700. The van der Waals surface area contributed by atoms with Gasteiger partial charge in [0.15, 0.2) is 0 Å². The van der Waals surface area contributed by atoms with Crippen molar-refractivity contribution in [2.24, 2.45) is 23.7 Å². The van der Waals surface area contributed by atoms with Crippen LogP contribution in [0.5, 0.6) is 11.6 Å². The number of methoxy groups -OCH3 is 1. The standard InChI is InChI=1S/C36H48F2N6O9S.C4H10.3H2/c1-4-22-27(53-32-25(9-7-5-6-8-20-10-11-20)40-24-13-12-21(52-3)16-26(24)41-32)19-44(28(45)18-39-34(48)49)29(22)31(46)42-36(17-23(36)30(37)38)33(47)43-54(50,51)35(2)14-15-35;1-4(2)3;;;/h12-13,16,20,22-23,27,29-30,39H,4-11,14-15,17-19H2,1-3H3,(H,42,46)(H,43,47)(H,48,49);4H,1-3H3;3*1H/t22-,23+,27+,29+,36-;;;;/m1..../s1. The van der Waals surface area contributed by atoms with Crippen molar-refractivity contribution in [1.29, 1.82) is 0 Å². The summed E-state index contributed by atoms with van der Waals surface area (Å²) in [6, 6.07) is 3.86. The minimum atomic E-state index is -4.23. The van der Waals surface area contributed by atoms with Gasteiger partial charge < -0.3 is 30.1 Å². The van der Waals surface area contributed by atoms with E-state index in [1.165, 1.54) is 33.3 Å². The van der Waals surface area contributed by atoms with Crippen molar-refractivity contribution in [2.45, 2.75) is 134 Å². The number of alkyl halides is 2. The number of fused-ring (bicyclic) bond motifs is 1. The first kappa shape index (κ1) is 44.7. The number of unbranched alkanes of at least 4 members (excludes halogenated alkanes) is 2. The van der Waals surface area contributed by atoms with E-state index in [1.54, 1.807) is 25.1 Å². The van der Waals surface area contributed by atoms with Crippen LogP contribution in [-0.2, 0) is 30.8 Å². The molecular weight excluding hydrogens is 779 g/mol. The molecule has 0 spiro atoms. The second kappa shape index (κ2) is 18.3. The quantitative estimate of drug-likeness (QED) is 0.129. The predicted octanol–water partition coefficient (Wildman–Crippen LogP) is 5.94. The molecule has 2 heterocycles. The number of sulfonamides is 1. The monoisotopic (exact) mass is 842 g/mol. The number of carboxylic acid groups (broad SMARTS) is 1. The summed E-state index contributed by atoms with van der Waals surface area (Å²) in [5.41, 5.74) is -0.575. The molecule has 0 bridgehead atoms. The molecule has 4 fully saturated rings. The zero-order valence-corrected chi connectivity index (χ0v) is 35.0. The SMILES string of the molecule is CC(C)C.CC[C@@H]1[C@@H](Oc2nc3cc(OC)ccc3nc2CCCCCC2CC2)CN(C(=O)CNC(=O)O)[C@@H]1C(=O)N[C@]1(C(=O)NS(=O)(=O)C2(C)CC2)C[C@H]1C(F)F.[HH].[HH].[HH]. The number of carbonyl (C=O) groups is 4. The summed E-state index contributed by atoms with van der Waals surface area (Å²) in [6.07, 6.45) is 2.04. The van der Waals surface area contributed by atoms with E-state index in [9.17, 15) is 41.5 Å². The van der Waals surface area contributed by atoms with Gasteiger partial charge in [-0.05, 0) is 69.4 Å². The van der Waals surface area contributed by atoms with E-state index in [-0.39, 0.29) is 36.0 Å². The number of nitrogens with one attached hydrogen (secondary N) is 3. The molecule has 5 atom stereocenters. The number of rotatable bonds is 18. The van der Waals surface area contributed by atoms with Crippen LogP contribution in [0.3, 0.4) is 0 Å². The first-order valence-electron chi connectivity index (χ1n) is 20.3. The van der Waals surface area contributed by atoms with Gasteiger partial charge in [0.2, 0.25) is 34.1 Å². The highest BCUT2D eigenvalue weighted by atomic mass is 32.2. The zero-order valence-electron chi connectivity index (χ0n) is 34.2. The van der Waals surface area contributed by atoms with Gasteiger partial charge in [-0.3, -0.25) is 19.1 Å². The number of hydrogen-bond acceptors (Lipinski definition) is 10. The average molecular weight is 843 g/mol. The van der Waals surface area contributed by atoms with Crippen molar-refractivity contribution in [1.82, 2.24) is 30.2 Å². The Bertz CT molecular complexity index is 1960. The van der Waals surface area contributed by atoms with E-state index >= 15 is 0 Å². The fourth-order valence-corrected chi connectivity index (χ4v) is 8.67. The summed E-state index contributed by atoms with van der Waals surface area (Å²) in [5, 5.41) is 13.6. The second-order valence-corrected chi connectivity index (χ2v) is 19.2. The maximum atomic E-state index is 14.2. The lowest BCUT2D eigenvalue weighted by molar-refractivity contribution is -0.140. The lowest BCUT2D eigenvalue weighted by Gasteiger charge is -2.29. The summed E-state index contributed by atoms with van der Waals surface area (Å²) in [7, 11) is -2.71. The molecule has 6 rings (SSSR count). The minimum Gasteiger partial charge on any atom is -0.497 e. The smallest absolute Gasteiger partial charge is 0.405 e. The molecule has 15 nitrogen and oxygen atoms in total. The van der Waals surface area contributed by atoms with Gasteiger partial charge in [0.05, 0.1) is 35.4 Å². The summed E-state index contributed by atoms with van der Waals surface area (Å²) >= 11 is 0. The largest absolute Gasteiger partial charge is 0.497 e. The van der Waals surface area contributed by atoms with Gasteiger partial charge in [-0.25, -0.2) is 32.0 Å². The zero-order chi connectivity index (χ0) is 42.6. The molecule has 0 radical (unpaired) electrons. The summed E-state index contributed by atoms with van der Waals surface area (Å²) < 4.78 is 66.7. The van der Waals surface area contributed by atoms with Gasteiger partial charge in [-0.15, -0.1) is 0 Å². The Kier molecular flexibility index (Phi) is 14.1. The van der Waals surface area contributed by atoms with E-state index in [0.29, 0.717) is 28.9 Å². The van der Waals surface area contributed by atoms with E-state index in [2.05, 4.69) is 26.1 Å². The number of likely N-dealkylation sites (tertiary alicyclic amines) is 1. The van der Waals surface area contributed by atoms with Crippen LogP contribution in [0.25, 0.3) is 11.0 Å². The van der Waals surface area contributed by atoms with Gasteiger partial charge in [0, 0.05) is 16.3 Å². The first-order chi connectivity index (χ1) is 27.3. The van der Waals surface area contributed by atoms with Gasteiger partial charge in [-0.2, -0.15) is 0 Å². The lowest BCUT2D eigenvalue weighted by Crippen LogP contribution is -2.59. The number of ether oxygens (including phenoxy) is 2. The molecular formula is C40H64F2N6O9S. The van der Waals surface area contributed by atoms with Crippen molar-refractivity contribution >= 4 is 44.9 Å². The number of aryl methyl sites for hydroxylation is 1. The van der Waals surface area contributed by atoms with Crippen LogP contribution in [-0.4, -0.2) is 101 Å². The molecule has 4 amide bonds. The predicted molar refractivity (Wildman–Crippen MR) is 217 cm³/mol. The number of hydrogen-bond donors (Lipinski definition) is 4. The second-order valence-electron chi connectivity index (χ2n) is 17.0. The Morgan fingerprint density at radius 1 is 1.07 bits per heavy atom. The third-order valence-corrected chi connectivity index (χ3v) is 13.5. The van der Waals surface area contributed by atoms with Crippen LogP contribution >= 0.6 is 0 Å². The highest BCUT2D eigenvalue weighted by Gasteiger charge is 2.67. The van der Waals surface area contributed by atoms with Crippen LogP contribution in [0.4, 0.5) is 13.6 Å². The van der Waals surface area contributed by atoms with Gasteiger partial charge in [0.1, 0.15) is 35.7 Å². The maximum Gasteiger partial charge on any atom is 0.405 e. The van der Waals surface area contributed by atoms with E-state index in [0.717, 1.165) is 36.0 Å². The molecule has 1 aliphatic heterocycles. The Hall–Kier alpha value is -4.35.